The van der Waals surface area contributed by atoms with Crippen molar-refractivity contribution in [2.24, 2.45) is 0 Å². The Hall–Kier alpha value is -0.980. The fourth-order valence-corrected chi connectivity index (χ4v) is 3.40. The first-order valence-electron chi connectivity index (χ1n) is 7.05. The highest BCUT2D eigenvalue weighted by Gasteiger charge is 2.29. The van der Waals surface area contributed by atoms with Gasteiger partial charge in [-0.15, -0.1) is 11.3 Å². The van der Waals surface area contributed by atoms with Gasteiger partial charge in [0.15, 0.2) is 4.77 Å². The van der Waals surface area contributed by atoms with Crippen molar-refractivity contribution in [2.75, 3.05) is 0 Å². The Balaban J connectivity index is 1.75. The molecule has 0 spiro atoms. The minimum absolute atomic E-state index is 0.364. The monoisotopic (exact) mass is 308 g/mol. The maximum Gasteiger partial charge on any atom is 0.199 e. The van der Waals surface area contributed by atoms with E-state index in [4.69, 9.17) is 12.2 Å². The van der Waals surface area contributed by atoms with E-state index in [9.17, 15) is 0 Å². The van der Waals surface area contributed by atoms with Crippen LogP contribution in [0.1, 0.15) is 37.6 Å². The zero-order chi connectivity index (χ0) is 14.1. The molecular formula is C14H20N4S2. The van der Waals surface area contributed by atoms with Crippen LogP contribution in [-0.4, -0.2) is 25.3 Å². The Labute approximate surface area is 128 Å². The quantitative estimate of drug-likeness (QED) is 0.761. The van der Waals surface area contributed by atoms with Gasteiger partial charge in [0.1, 0.15) is 6.33 Å². The van der Waals surface area contributed by atoms with E-state index >= 15 is 0 Å². The number of hydrogen-bond donors (Lipinski definition) is 0. The molecule has 108 valence electrons. The molecule has 0 atom stereocenters. The van der Waals surface area contributed by atoms with Crippen molar-refractivity contribution in [1.29, 1.82) is 0 Å². The van der Waals surface area contributed by atoms with Crippen LogP contribution in [0.3, 0.4) is 0 Å². The summed E-state index contributed by atoms with van der Waals surface area (Å²) in [7, 11) is 0. The average molecular weight is 308 g/mol. The molecule has 2 aromatic heterocycles. The molecule has 0 aromatic carbocycles. The maximum atomic E-state index is 5.51. The van der Waals surface area contributed by atoms with Crippen molar-refractivity contribution < 1.29 is 0 Å². The molecule has 0 saturated heterocycles. The van der Waals surface area contributed by atoms with Gasteiger partial charge in [-0.05, 0) is 50.4 Å². The lowest BCUT2D eigenvalue weighted by Crippen LogP contribution is -2.28. The van der Waals surface area contributed by atoms with Crippen LogP contribution in [0, 0.1) is 4.77 Å². The summed E-state index contributed by atoms with van der Waals surface area (Å²) < 4.78 is 4.81. The lowest BCUT2D eigenvalue weighted by atomic mass is 10.4. The number of hydrogen-bond acceptors (Lipinski definition) is 4. The molecule has 0 amide bonds. The second kappa shape index (κ2) is 5.79. The van der Waals surface area contributed by atoms with E-state index in [0.717, 1.165) is 18.0 Å². The third kappa shape index (κ3) is 3.02. The highest BCUT2D eigenvalue weighted by atomic mass is 32.1. The highest BCUT2D eigenvalue weighted by molar-refractivity contribution is 7.71. The van der Waals surface area contributed by atoms with Crippen molar-refractivity contribution in [1.82, 2.24) is 19.2 Å². The Bertz CT molecular complexity index is 607. The second-order valence-corrected chi connectivity index (χ2v) is 7.01. The minimum Gasteiger partial charge on any atom is -0.304 e. The van der Waals surface area contributed by atoms with E-state index < -0.39 is 0 Å². The zero-order valence-corrected chi connectivity index (χ0v) is 13.5. The molecule has 1 saturated carbocycles. The Morgan fingerprint density at radius 3 is 2.85 bits per heavy atom. The van der Waals surface area contributed by atoms with Gasteiger partial charge in [-0.1, -0.05) is 6.07 Å². The summed E-state index contributed by atoms with van der Waals surface area (Å²) in [5.74, 6) is 0. The third-order valence-corrected chi connectivity index (χ3v) is 4.91. The van der Waals surface area contributed by atoms with Crippen molar-refractivity contribution in [2.45, 2.75) is 52.0 Å². The molecule has 4 nitrogen and oxygen atoms in total. The SMILES string of the molecule is CC(C)n1cnn(CN(Cc2cccs2)C2CC2)c1=S. The molecule has 1 fully saturated rings. The van der Waals surface area contributed by atoms with Crippen LogP contribution in [0.5, 0.6) is 0 Å². The van der Waals surface area contributed by atoms with Crippen LogP contribution in [0.15, 0.2) is 23.8 Å². The summed E-state index contributed by atoms with van der Waals surface area (Å²) in [6.07, 6.45) is 4.44. The first-order valence-corrected chi connectivity index (χ1v) is 8.34. The number of nitrogens with zero attached hydrogens (tertiary/aromatic N) is 4. The average Bonchev–Trinajstić information content (AvgIpc) is 3.02. The molecule has 0 radical (unpaired) electrons. The predicted octanol–water partition coefficient (Wildman–Crippen LogP) is 3.68. The molecule has 0 bridgehead atoms. The smallest absolute Gasteiger partial charge is 0.199 e. The lowest BCUT2D eigenvalue weighted by Gasteiger charge is -2.21. The summed E-state index contributed by atoms with van der Waals surface area (Å²) in [6.45, 7) is 6.05. The molecule has 3 rings (SSSR count). The molecule has 1 aliphatic carbocycles. The van der Waals surface area contributed by atoms with Gasteiger partial charge in [-0.3, -0.25) is 4.90 Å². The van der Waals surface area contributed by atoms with E-state index in [0.29, 0.717) is 12.1 Å². The Kier molecular flexibility index (Phi) is 4.05. The van der Waals surface area contributed by atoms with Crippen LogP contribution < -0.4 is 0 Å². The normalized spacial score (nSPS) is 15.4. The van der Waals surface area contributed by atoms with E-state index in [1.165, 1.54) is 17.7 Å². The van der Waals surface area contributed by atoms with Gasteiger partial charge >= 0.3 is 0 Å². The fraction of sp³-hybridized carbons (Fsp3) is 0.571. The van der Waals surface area contributed by atoms with Crippen molar-refractivity contribution in [3.8, 4) is 0 Å². The van der Waals surface area contributed by atoms with Gasteiger partial charge in [0.05, 0.1) is 6.67 Å². The van der Waals surface area contributed by atoms with Gasteiger partial charge in [0, 0.05) is 23.5 Å². The topological polar surface area (TPSA) is 26.0 Å². The summed E-state index contributed by atoms with van der Waals surface area (Å²) in [4.78, 5) is 3.89. The number of thiophene rings is 1. The lowest BCUT2D eigenvalue weighted by molar-refractivity contribution is 0.188. The summed E-state index contributed by atoms with van der Waals surface area (Å²) >= 11 is 7.33. The first kappa shape index (κ1) is 14.0. The van der Waals surface area contributed by atoms with Crippen molar-refractivity contribution in [3.05, 3.63) is 33.5 Å². The minimum atomic E-state index is 0.364. The van der Waals surface area contributed by atoms with Gasteiger partial charge in [0.25, 0.3) is 0 Å². The first-order chi connectivity index (χ1) is 9.65. The molecule has 0 aliphatic heterocycles. The van der Waals surface area contributed by atoms with Gasteiger partial charge in [-0.2, -0.15) is 5.10 Å². The van der Waals surface area contributed by atoms with Crippen LogP contribution in [0.2, 0.25) is 0 Å². The molecule has 2 heterocycles. The van der Waals surface area contributed by atoms with E-state index in [2.05, 4.69) is 41.4 Å². The molecule has 20 heavy (non-hydrogen) atoms. The van der Waals surface area contributed by atoms with Gasteiger partial charge < -0.3 is 4.57 Å². The summed E-state index contributed by atoms with van der Waals surface area (Å²) in [5, 5.41) is 6.59. The summed E-state index contributed by atoms with van der Waals surface area (Å²) in [6, 6.07) is 5.38. The molecule has 0 unspecified atom stereocenters. The van der Waals surface area contributed by atoms with Gasteiger partial charge in [0.2, 0.25) is 0 Å². The molecule has 2 aromatic rings. The molecule has 0 N–H and O–H groups in total. The van der Waals surface area contributed by atoms with Crippen LogP contribution in [0.25, 0.3) is 0 Å². The number of rotatable bonds is 6. The van der Waals surface area contributed by atoms with Crippen molar-refractivity contribution in [3.63, 3.8) is 0 Å². The number of aromatic nitrogens is 3. The molecule has 6 heteroatoms. The second-order valence-electron chi connectivity index (χ2n) is 5.61. The Morgan fingerprint density at radius 2 is 2.30 bits per heavy atom. The van der Waals surface area contributed by atoms with E-state index in [1.54, 1.807) is 0 Å². The van der Waals surface area contributed by atoms with E-state index in [1.807, 2.05) is 26.9 Å². The predicted molar refractivity (Wildman–Crippen MR) is 84.3 cm³/mol. The van der Waals surface area contributed by atoms with Crippen LogP contribution >= 0.6 is 23.6 Å². The Morgan fingerprint density at radius 1 is 1.50 bits per heavy atom. The molecular weight excluding hydrogens is 288 g/mol. The third-order valence-electron chi connectivity index (χ3n) is 3.63. The van der Waals surface area contributed by atoms with Crippen LogP contribution in [0.4, 0.5) is 0 Å². The summed E-state index contributed by atoms with van der Waals surface area (Å²) in [5.41, 5.74) is 0. The highest BCUT2D eigenvalue weighted by Crippen LogP contribution is 2.29. The van der Waals surface area contributed by atoms with Gasteiger partial charge in [-0.25, -0.2) is 4.68 Å². The van der Waals surface area contributed by atoms with Crippen molar-refractivity contribution >= 4 is 23.6 Å². The molecule has 1 aliphatic rings. The zero-order valence-electron chi connectivity index (χ0n) is 11.9. The van der Waals surface area contributed by atoms with Crippen LogP contribution in [-0.2, 0) is 13.2 Å². The largest absolute Gasteiger partial charge is 0.304 e. The fourth-order valence-electron chi connectivity index (χ4n) is 2.31. The van der Waals surface area contributed by atoms with E-state index in [-0.39, 0.29) is 0 Å². The standard InChI is InChI=1S/C14H20N4S2/c1-11(2)17-9-15-18(14(17)19)10-16(12-5-6-12)8-13-4-3-7-20-13/h3-4,7,9,11-12H,5-6,8,10H2,1-2H3. The maximum absolute atomic E-state index is 5.51.